The molecular formula is C17H17BrN2O3. The molecular weight excluding hydrogens is 360 g/mol. The minimum absolute atomic E-state index is 0.117. The first-order valence-electron chi connectivity index (χ1n) is 6.94. The normalized spacial score (nSPS) is 11.2. The van der Waals surface area contributed by atoms with Crippen molar-refractivity contribution < 1.29 is 14.4 Å². The lowest BCUT2D eigenvalue weighted by atomic mass is 10.1. The standard InChI is InChI=1S/C17H17BrN2O3/c1-11-6-12(2)8-15(7-11)22-10-16(21)23-20-17(19)13-4-3-5-14(18)9-13/h3-9H,10H2,1-2H3,(H2,19,20). The average Bonchev–Trinajstić information content (AvgIpc) is 2.49. The number of carbonyl (C=O) groups excluding carboxylic acids is 1. The molecule has 23 heavy (non-hydrogen) atoms. The Hall–Kier alpha value is -2.34. The van der Waals surface area contributed by atoms with E-state index in [9.17, 15) is 4.79 Å². The molecule has 0 saturated heterocycles. The molecule has 0 spiro atoms. The van der Waals surface area contributed by atoms with E-state index in [1.54, 1.807) is 12.1 Å². The first-order valence-corrected chi connectivity index (χ1v) is 7.73. The van der Waals surface area contributed by atoms with Gasteiger partial charge in [0.2, 0.25) is 0 Å². The van der Waals surface area contributed by atoms with Crippen LogP contribution in [0.1, 0.15) is 16.7 Å². The van der Waals surface area contributed by atoms with Gasteiger partial charge in [0.15, 0.2) is 12.4 Å². The molecule has 0 aliphatic heterocycles. The topological polar surface area (TPSA) is 73.9 Å². The number of hydrogen-bond donors (Lipinski definition) is 1. The van der Waals surface area contributed by atoms with E-state index in [1.165, 1.54) is 0 Å². The molecule has 6 heteroatoms. The van der Waals surface area contributed by atoms with Gasteiger partial charge in [-0.3, -0.25) is 0 Å². The van der Waals surface area contributed by atoms with Crippen LogP contribution < -0.4 is 10.5 Å². The Morgan fingerprint density at radius 2 is 1.87 bits per heavy atom. The van der Waals surface area contributed by atoms with E-state index < -0.39 is 5.97 Å². The van der Waals surface area contributed by atoms with Crippen molar-refractivity contribution in [1.29, 1.82) is 0 Å². The van der Waals surface area contributed by atoms with Gasteiger partial charge in [-0.25, -0.2) is 4.79 Å². The van der Waals surface area contributed by atoms with Gasteiger partial charge < -0.3 is 15.3 Å². The molecule has 0 aromatic heterocycles. The van der Waals surface area contributed by atoms with Crippen molar-refractivity contribution in [3.05, 3.63) is 63.6 Å². The highest BCUT2D eigenvalue weighted by atomic mass is 79.9. The molecule has 0 heterocycles. The van der Waals surface area contributed by atoms with E-state index in [0.717, 1.165) is 15.6 Å². The molecule has 5 nitrogen and oxygen atoms in total. The molecule has 0 amide bonds. The summed E-state index contributed by atoms with van der Waals surface area (Å²) in [5.41, 5.74) is 8.55. The van der Waals surface area contributed by atoms with E-state index in [1.807, 2.05) is 44.2 Å². The Labute approximate surface area is 143 Å². The SMILES string of the molecule is Cc1cc(C)cc(OCC(=O)O/N=C(\N)c2cccc(Br)c2)c1. The van der Waals surface area contributed by atoms with Crippen molar-refractivity contribution in [2.75, 3.05) is 6.61 Å². The van der Waals surface area contributed by atoms with E-state index in [4.69, 9.17) is 15.3 Å². The largest absolute Gasteiger partial charge is 0.482 e. The van der Waals surface area contributed by atoms with Crippen LogP contribution in [-0.4, -0.2) is 18.4 Å². The number of rotatable bonds is 5. The second kappa shape index (κ2) is 7.78. The Morgan fingerprint density at radius 1 is 1.17 bits per heavy atom. The van der Waals surface area contributed by atoms with E-state index >= 15 is 0 Å². The molecule has 2 rings (SSSR count). The van der Waals surface area contributed by atoms with Crippen molar-refractivity contribution in [3.8, 4) is 5.75 Å². The van der Waals surface area contributed by atoms with Crippen LogP contribution in [0.15, 0.2) is 52.1 Å². The van der Waals surface area contributed by atoms with Crippen molar-refractivity contribution in [2.24, 2.45) is 10.9 Å². The van der Waals surface area contributed by atoms with Crippen LogP contribution in [-0.2, 0) is 9.63 Å². The van der Waals surface area contributed by atoms with Crippen LogP contribution in [0, 0.1) is 13.8 Å². The zero-order chi connectivity index (χ0) is 16.8. The number of carbonyl (C=O) groups is 1. The maximum absolute atomic E-state index is 11.7. The summed E-state index contributed by atoms with van der Waals surface area (Å²) in [6.45, 7) is 3.68. The van der Waals surface area contributed by atoms with Crippen molar-refractivity contribution >= 4 is 27.7 Å². The third kappa shape index (κ3) is 5.41. The zero-order valence-corrected chi connectivity index (χ0v) is 14.5. The number of amidine groups is 1. The molecule has 0 radical (unpaired) electrons. The highest BCUT2D eigenvalue weighted by molar-refractivity contribution is 9.10. The number of benzene rings is 2. The highest BCUT2D eigenvalue weighted by Crippen LogP contribution is 2.16. The average molecular weight is 377 g/mol. The van der Waals surface area contributed by atoms with E-state index in [2.05, 4.69) is 21.1 Å². The second-order valence-electron chi connectivity index (χ2n) is 5.06. The minimum atomic E-state index is -0.623. The number of halogens is 1. The Morgan fingerprint density at radius 3 is 2.52 bits per heavy atom. The van der Waals surface area contributed by atoms with Crippen LogP contribution >= 0.6 is 15.9 Å². The first kappa shape index (κ1) is 17.0. The summed E-state index contributed by atoms with van der Waals surface area (Å²) in [4.78, 5) is 16.4. The Bertz CT molecular complexity index is 724. The fraction of sp³-hybridized carbons (Fsp3) is 0.176. The van der Waals surface area contributed by atoms with Crippen molar-refractivity contribution in [1.82, 2.24) is 0 Å². The van der Waals surface area contributed by atoms with Crippen LogP contribution in [0.2, 0.25) is 0 Å². The fourth-order valence-electron chi connectivity index (χ4n) is 1.99. The van der Waals surface area contributed by atoms with Crippen molar-refractivity contribution in [2.45, 2.75) is 13.8 Å². The maximum atomic E-state index is 11.7. The van der Waals surface area contributed by atoms with E-state index in [-0.39, 0.29) is 12.4 Å². The third-order valence-corrected chi connectivity index (χ3v) is 3.41. The summed E-state index contributed by atoms with van der Waals surface area (Å²) in [5, 5.41) is 3.63. The fourth-order valence-corrected chi connectivity index (χ4v) is 2.38. The Kier molecular flexibility index (Phi) is 5.76. The van der Waals surface area contributed by atoms with Crippen LogP contribution in [0.3, 0.4) is 0 Å². The highest BCUT2D eigenvalue weighted by Gasteiger charge is 2.07. The van der Waals surface area contributed by atoms with Crippen LogP contribution in [0.4, 0.5) is 0 Å². The molecule has 2 aromatic carbocycles. The zero-order valence-electron chi connectivity index (χ0n) is 12.9. The number of nitrogens with two attached hydrogens (primary N) is 1. The maximum Gasteiger partial charge on any atom is 0.372 e. The van der Waals surface area contributed by atoms with Gasteiger partial charge >= 0.3 is 5.97 Å². The number of oxime groups is 1. The van der Waals surface area contributed by atoms with Gasteiger partial charge in [0, 0.05) is 10.0 Å². The summed E-state index contributed by atoms with van der Waals surface area (Å²) in [7, 11) is 0. The smallest absolute Gasteiger partial charge is 0.372 e. The van der Waals surface area contributed by atoms with Crippen LogP contribution in [0.25, 0.3) is 0 Å². The lowest BCUT2D eigenvalue weighted by molar-refractivity contribution is -0.146. The molecule has 2 N–H and O–H groups in total. The second-order valence-corrected chi connectivity index (χ2v) is 5.98. The lowest BCUT2D eigenvalue weighted by Gasteiger charge is -2.07. The summed E-state index contributed by atoms with van der Waals surface area (Å²) < 4.78 is 6.25. The van der Waals surface area contributed by atoms with Gasteiger partial charge in [0.05, 0.1) is 0 Å². The number of nitrogens with zero attached hydrogens (tertiary/aromatic N) is 1. The molecule has 2 aromatic rings. The molecule has 0 aliphatic rings. The Balaban J connectivity index is 1.90. The molecule has 0 fully saturated rings. The molecule has 120 valence electrons. The third-order valence-electron chi connectivity index (χ3n) is 2.92. The van der Waals surface area contributed by atoms with Crippen molar-refractivity contribution in [3.63, 3.8) is 0 Å². The van der Waals surface area contributed by atoms with Gasteiger partial charge in [0.1, 0.15) is 5.75 Å². The van der Waals surface area contributed by atoms with Crippen LogP contribution in [0.5, 0.6) is 5.75 Å². The summed E-state index contributed by atoms with van der Waals surface area (Å²) in [5.74, 6) is 0.108. The molecule has 0 unspecified atom stereocenters. The minimum Gasteiger partial charge on any atom is -0.482 e. The van der Waals surface area contributed by atoms with Gasteiger partial charge in [-0.05, 0) is 49.2 Å². The molecule has 0 aliphatic carbocycles. The molecule has 0 bridgehead atoms. The molecule has 0 saturated carbocycles. The predicted octanol–water partition coefficient (Wildman–Crippen LogP) is 3.31. The van der Waals surface area contributed by atoms with Gasteiger partial charge in [0.25, 0.3) is 0 Å². The van der Waals surface area contributed by atoms with Gasteiger partial charge in [-0.2, -0.15) is 0 Å². The quantitative estimate of drug-likeness (QED) is 0.376. The summed E-state index contributed by atoms with van der Waals surface area (Å²) in [6, 6.07) is 12.9. The number of ether oxygens (including phenoxy) is 1. The number of hydrogen-bond acceptors (Lipinski definition) is 4. The van der Waals surface area contributed by atoms with E-state index in [0.29, 0.717) is 11.3 Å². The monoisotopic (exact) mass is 376 g/mol. The van der Waals surface area contributed by atoms with Gasteiger partial charge in [-0.15, -0.1) is 0 Å². The summed E-state index contributed by atoms with van der Waals surface area (Å²) in [6.07, 6.45) is 0. The predicted molar refractivity (Wildman–Crippen MR) is 92.4 cm³/mol. The van der Waals surface area contributed by atoms with Gasteiger partial charge in [-0.1, -0.05) is 39.3 Å². The summed E-state index contributed by atoms with van der Waals surface area (Å²) >= 11 is 3.33. The number of aryl methyl sites for hydroxylation is 2. The lowest BCUT2D eigenvalue weighted by Crippen LogP contribution is -2.18. The first-order chi connectivity index (χ1) is 10.9. The molecule has 0 atom stereocenters.